The maximum absolute atomic E-state index is 12.6. The molecular weight excluding hydrogens is 292 g/mol. The van der Waals surface area contributed by atoms with Crippen LogP contribution in [0.25, 0.3) is 17.2 Å². The summed E-state index contributed by atoms with van der Waals surface area (Å²) in [5.74, 6) is 0.285. The molecule has 2 aromatic rings. The number of allylic oxidation sites excluding steroid dienone is 3. The fourth-order valence-corrected chi connectivity index (χ4v) is 3.10. The second-order valence-corrected chi connectivity index (χ2v) is 7.47. The van der Waals surface area contributed by atoms with Gasteiger partial charge in [0.2, 0.25) is 0 Å². The van der Waals surface area contributed by atoms with E-state index in [0.29, 0.717) is 6.42 Å². The van der Waals surface area contributed by atoms with E-state index in [1.807, 2.05) is 26.8 Å². The van der Waals surface area contributed by atoms with Gasteiger partial charge in [-0.05, 0) is 46.4 Å². The zero-order chi connectivity index (χ0) is 17.3. The lowest BCUT2D eigenvalue weighted by Gasteiger charge is -2.17. The summed E-state index contributed by atoms with van der Waals surface area (Å²) in [5.41, 5.74) is 6.93. The first-order chi connectivity index (χ1) is 11.4. The van der Waals surface area contributed by atoms with Gasteiger partial charge in [0.05, 0.1) is 0 Å². The maximum Gasteiger partial charge on any atom is 0.142 e. The summed E-state index contributed by atoms with van der Waals surface area (Å²) in [5, 5.41) is 0. The lowest BCUT2D eigenvalue weighted by atomic mass is 9.85. The number of carbonyl (C=O) groups excluding carboxylic acids is 1. The number of fused-ring (bicyclic) bond motifs is 1. The van der Waals surface area contributed by atoms with Gasteiger partial charge in [0.25, 0.3) is 0 Å². The molecule has 0 heterocycles. The molecule has 0 aliphatic heterocycles. The van der Waals surface area contributed by atoms with Crippen LogP contribution in [0, 0.1) is 5.41 Å². The smallest absolute Gasteiger partial charge is 0.142 e. The molecular formula is C23H24O. The predicted octanol–water partition coefficient (Wildman–Crippen LogP) is 6.02. The standard InChI is InChI=1S/C23H24O/c1-16-20(14-17-10-6-5-7-11-17)18-12-8-9-13-19(18)21(16)15-22(24)23(2,3)4/h5-14H,15H2,1-4H3/b20-14-. The molecule has 1 heteroatoms. The van der Waals surface area contributed by atoms with Gasteiger partial charge in [-0.3, -0.25) is 4.79 Å². The van der Waals surface area contributed by atoms with Crippen LogP contribution in [0.2, 0.25) is 0 Å². The largest absolute Gasteiger partial charge is 0.299 e. The van der Waals surface area contributed by atoms with Gasteiger partial charge < -0.3 is 0 Å². The van der Waals surface area contributed by atoms with Gasteiger partial charge in [-0.2, -0.15) is 0 Å². The van der Waals surface area contributed by atoms with Crippen molar-refractivity contribution in [3.8, 4) is 0 Å². The molecule has 1 aliphatic carbocycles. The highest BCUT2D eigenvalue weighted by atomic mass is 16.1. The van der Waals surface area contributed by atoms with Crippen molar-refractivity contribution in [3.63, 3.8) is 0 Å². The van der Waals surface area contributed by atoms with E-state index in [2.05, 4.69) is 61.5 Å². The Morgan fingerprint density at radius 2 is 1.50 bits per heavy atom. The third kappa shape index (κ3) is 3.12. The molecule has 0 spiro atoms. The normalized spacial score (nSPS) is 15.8. The molecule has 0 fully saturated rings. The number of benzene rings is 2. The lowest BCUT2D eigenvalue weighted by molar-refractivity contribution is -0.125. The number of carbonyl (C=O) groups is 1. The molecule has 1 nitrogen and oxygen atoms in total. The Morgan fingerprint density at radius 1 is 0.917 bits per heavy atom. The van der Waals surface area contributed by atoms with Gasteiger partial charge in [0, 0.05) is 11.8 Å². The number of hydrogen-bond acceptors (Lipinski definition) is 1. The average Bonchev–Trinajstić information content (AvgIpc) is 2.81. The van der Waals surface area contributed by atoms with Gasteiger partial charge in [0.15, 0.2) is 0 Å². The Balaban J connectivity index is 2.08. The topological polar surface area (TPSA) is 17.1 Å². The predicted molar refractivity (Wildman–Crippen MR) is 102 cm³/mol. The molecule has 0 unspecified atom stereocenters. The van der Waals surface area contributed by atoms with Crippen molar-refractivity contribution >= 4 is 23.0 Å². The van der Waals surface area contributed by atoms with E-state index in [4.69, 9.17) is 0 Å². The SMILES string of the molecule is CC1=C(CC(=O)C(C)(C)C)c2ccccc2/C1=C\c1ccccc1. The van der Waals surface area contributed by atoms with Crippen LogP contribution < -0.4 is 0 Å². The van der Waals surface area contributed by atoms with Crippen LogP contribution in [-0.2, 0) is 4.79 Å². The monoisotopic (exact) mass is 316 g/mol. The van der Waals surface area contributed by atoms with E-state index in [1.165, 1.54) is 33.4 Å². The molecule has 122 valence electrons. The summed E-state index contributed by atoms with van der Waals surface area (Å²) in [7, 11) is 0. The summed E-state index contributed by atoms with van der Waals surface area (Å²) >= 11 is 0. The van der Waals surface area contributed by atoms with Crippen molar-refractivity contribution in [2.75, 3.05) is 0 Å². The van der Waals surface area contributed by atoms with Gasteiger partial charge in [0.1, 0.15) is 5.78 Å². The van der Waals surface area contributed by atoms with Crippen LogP contribution in [-0.4, -0.2) is 5.78 Å². The molecule has 24 heavy (non-hydrogen) atoms. The molecule has 0 saturated carbocycles. The summed E-state index contributed by atoms with van der Waals surface area (Å²) in [6.07, 6.45) is 2.72. The molecule has 0 radical (unpaired) electrons. The Labute approximate surface area is 144 Å². The van der Waals surface area contributed by atoms with Gasteiger partial charge in [-0.25, -0.2) is 0 Å². The van der Waals surface area contributed by atoms with Crippen molar-refractivity contribution < 1.29 is 4.79 Å². The number of Topliss-reactive ketones (excluding diaryl/α,β-unsaturated/α-hetero) is 1. The first-order valence-corrected chi connectivity index (χ1v) is 8.48. The molecule has 0 saturated heterocycles. The van der Waals surface area contributed by atoms with E-state index >= 15 is 0 Å². The molecule has 0 bridgehead atoms. The summed E-state index contributed by atoms with van der Waals surface area (Å²) in [4.78, 5) is 12.6. The minimum Gasteiger partial charge on any atom is -0.299 e. The lowest BCUT2D eigenvalue weighted by Crippen LogP contribution is -2.20. The fourth-order valence-electron chi connectivity index (χ4n) is 3.10. The van der Waals surface area contributed by atoms with Crippen LogP contribution in [0.3, 0.4) is 0 Å². The number of ketones is 1. The van der Waals surface area contributed by atoms with E-state index in [1.54, 1.807) is 0 Å². The van der Waals surface area contributed by atoms with Crippen molar-refractivity contribution in [3.05, 3.63) is 76.9 Å². The highest BCUT2D eigenvalue weighted by molar-refractivity contribution is 6.08. The Morgan fingerprint density at radius 3 is 2.12 bits per heavy atom. The zero-order valence-corrected chi connectivity index (χ0v) is 14.9. The van der Waals surface area contributed by atoms with Crippen molar-refractivity contribution in [2.24, 2.45) is 5.41 Å². The zero-order valence-electron chi connectivity index (χ0n) is 14.9. The van der Waals surface area contributed by atoms with E-state index in [9.17, 15) is 4.79 Å². The van der Waals surface area contributed by atoms with Crippen LogP contribution >= 0.6 is 0 Å². The highest BCUT2D eigenvalue weighted by Gasteiger charge is 2.28. The van der Waals surface area contributed by atoms with E-state index in [0.717, 1.165) is 0 Å². The molecule has 0 atom stereocenters. The van der Waals surface area contributed by atoms with Gasteiger partial charge >= 0.3 is 0 Å². The summed E-state index contributed by atoms with van der Waals surface area (Å²) in [6.45, 7) is 8.12. The third-order valence-corrected chi connectivity index (χ3v) is 4.68. The van der Waals surface area contributed by atoms with E-state index < -0.39 is 0 Å². The molecule has 2 aromatic carbocycles. The first-order valence-electron chi connectivity index (χ1n) is 8.48. The molecule has 1 aliphatic rings. The minimum absolute atomic E-state index is 0.285. The number of rotatable bonds is 3. The van der Waals surface area contributed by atoms with Crippen molar-refractivity contribution in [1.29, 1.82) is 0 Å². The van der Waals surface area contributed by atoms with Crippen molar-refractivity contribution in [2.45, 2.75) is 34.1 Å². The Hall–Kier alpha value is -2.41. The van der Waals surface area contributed by atoms with Gasteiger partial charge in [-0.1, -0.05) is 75.4 Å². The molecule has 0 aromatic heterocycles. The highest BCUT2D eigenvalue weighted by Crippen LogP contribution is 2.44. The second-order valence-electron chi connectivity index (χ2n) is 7.47. The van der Waals surface area contributed by atoms with Crippen molar-refractivity contribution in [1.82, 2.24) is 0 Å². The molecule has 3 rings (SSSR count). The van der Waals surface area contributed by atoms with Crippen LogP contribution in [0.5, 0.6) is 0 Å². The summed E-state index contributed by atoms with van der Waals surface area (Å²) in [6, 6.07) is 18.8. The average molecular weight is 316 g/mol. The van der Waals surface area contributed by atoms with Crippen LogP contribution in [0.1, 0.15) is 50.8 Å². The van der Waals surface area contributed by atoms with Gasteiger partial charge in [-0.15, -0.1) is 0 Å². The Kier molecular flexibility index (Phi) is 4.28. The van der Waals surface area contributed by atoms with Crippen LogP contribution in [0.4, 0.5) is 0 Å². The quantitative estimate of drug-likeness (QED) is 0.676. The molecule has 0 amide bonds. The third-order valence-electron chi connectivity index (χ3n) is 4.68. The molecule has 0 N–H and O–H groups in total. The summed E-state index contributed by atoms with van der Waals surface area (Å²) < 4.78 is 0. The maximum atomic E-state index is 12.6. The fraction of sp³-hybridized carbons (Fsp3) is 0.261. The second kappa shape index (κ2) is 6.24. The van der Waals surface area contributed by atoms with Crippen LogP contribution in [0.15, 0.2) is 60.2 Å². The number of hydrogen-bond donors (Lipinski definition) is 0. The Bertz CT molecular complexity index is 830. The minimum atomic E-state index is -0.311. The van der Waals surface area contributed by atoms with E-state index in [-0.39, 0.29) is 11.2 Å². The first kappa shape index (κ1) is 16.4.